The van der Waals surface area contributed by atoms with Crippen LogP contribution in [0.5, 0.6) is 0 Å². The zero-order chi connectivity index (χ0) is 17.2. The molecule has 0 spiro atoms. The first kappa shape index (κ1) is 16.3. The second-order valence-electron chi connectivity index (χ2n) is 7.26. The maximum atomic E-state index is 13.1. The average Bonchev–Trinajstić information content (AvgIpc) is 3.33. The number of hydrogen-bond donors (Lipinski definition) is 0. The van der Waals surface area contributed by atoms with E-state index in [0.717, 1.165) is 25.2 Å². The Labute approximate surface area is 148 Å². The summed E-state index contributed by atoms with van der Waals surface area (Å²) in [6.45, 7) is 3.52. The molecule has 3 nitrogen and oxygen atoms in total. The molecule has 0 atom stereocenters. The lowest BCUT2D eigenvalue weighted by Gasteiger charge is -2.25. The van der Waals surface area contributed by atoms with Crippen LogP contribution in [0.4, 0.5) is 4.39 Å². The van der Waals surface area contributed by atoms with E-state index in [9.17, 15) is 9.18 Å². The Morgan fingerprint density at radius 2 is 1.68 bits per heavy atom. The summed E-state index contributed by atoms with van der Waals surface area (Å²) in [4.78, 5) is 17.1. The molecular formula is C21H23FN2O. The van der Waals surface area contributed by atoms with Gasteiger partial charge in [0.15, 0.2) is 0 Å². The number of nitrogens with zero attached hydrogens (tertiary/aromatic N) is 2. The molecule has 0 radical (unpaired) electrons. The topological polar surface area (TPSA) is 23.6 Å². The van der Waals surface area contributed by atoms with Crippen LogP contribution in [-0.4, -0.2) is 28.8 Å². The highest BCUT2D eigenvalue weighted by atomic mass is 19.1. The summed E-state index contributed by atoms with van der Waals surface area (Å²) >= 11 is 0. The van der Waals surface area contributed by atoms with E-state index in [-0.39, 0.29) is 11.7 Å². The zero-order valence-electron chi connectivity index (χ0n) is 14.3. The molecule has 0 aromatic heterocycles. The highest BCUT2D eigenvalue weighted by Crippen LogP contribution is 2.30. The van der Waals surface area contributed by atoms with Crippen LogP contribution >= 0.6 is 0 Å². The quantitative estimate of drug-likeness (QED) is 0.804. The fourth-order valence-electron chi connectivity index (χ4n) is 3.48. The lowest BCUT2D eigenvalue weighted by Crippen LogP contribution is -2.39. The van der Waals surface area contributed by atoms with Gasteiger partial charge in [0, 0.05) is 26.2 Å². The first-order valence-corrected chi connectivity index (χ1v) is 8.99. The van der Waals surface area contributed by atoms with Crippen molar-refractivity contribution in [3.8, 4) is 0 Å². The molecule has 1 saturated carbocycles. The first-order valence-electron chi connectivity index (χ1n) is 8.99. The van der Waals surface area contributed by atoms with E-state index in [2.05, 4.69) is 29.2 Å². The molecule has 2 aromatic carbocycles. The first-order chi connectivity index (χ1) is 12.2. The van der Waals surface area contributed by atoms with Crippen molar-refractivity contribution in [1.29, 1.82) is 0 Å². The molecule has 130 valence electrons. The molecule has 2 aliphatic rings. The molecule has 4 heteroatoms. The van der Waals surface area contributed by atoms with Crippen LogP contribution < -0.4 is 0 Å². The summed E-state index contributed by atoms with van der Waals surface area (Å²) in [7, 11) is 0. The van der Waals surface area contributed by atoms with Crippen LogP contribution in [0.1, 0.15) is 29.5 Å². The Morgan fingerprint density at radius 3 is 2.28 bits per heavy atom. The van der Waals surface area contributed by atoms with E-state index >= 15 is 0 Å². The van der Waals surface area contributed by atoms with Crippen molar-refractivity contribution in [3.63, 3.8) is 0 Å². The zero-order valence-corrected chi connectivity index (χ0v) is 14.3. The minimum atomic E-state index is -0.237. The third kappa shape index (κ3) is 4.07. The molecule has 1 fully saturated rings. The van der Waals surface area contributed by atoms with E-state index in [1.54, 1.807) is 12.1 Å². The van der Waals surface area contributed by atoms with Gasteiger partial charge in [0.2, 0.25) is 5.91 Å². The van der Waals surface area contributed by atoms with Gasteiger partial charge in [-0.15, -0.1) is 0 Å². The number of benzene rings is 2. The van der Waals surface area contributed by atoms with Crippen LogP contribution in [0.15, 0.2) is 48.5 Å². The minimum Gasteiger partial charge on any atom is -0.337 e. The number of hydrogen-bond acceptors (Lipinski definition) is 2. The number of carbonyl (C=O) groups excluding carboxylic acids is 1. The molecule has 0 saturated heterocycles. The maximum Gasteiger partial charge on any atom is 0.237 e. The average molecular weight is 338 g/mol. The third-order valence-electron chi connectivity index (χ3n) is 5.08. The third-order valence-corrected chi connectivity index (χ3v) is 5.08. The van der Waals surface area contributed by atoms with Crippen LogP contribution in [-0.2, 0) is 24.4 Å². The lowest BCUT2D eigenvalue weighted by atomic mass is 10.1. The van der Waals surface area contributed by atoms with Crippen molar-refractivity contribution in [2.45, 2.75) is 32.5 Å². The molecule has 1 aliphatic carbocycles. The van der Waals surface area contributed by atoms with Gasteiger partial charge in [0.05, 0.1) is 6.54 Å². The molecule has 1 amide bonds. The number of fused-ring (bicyclic) bond motifs is 1. The van der Waals surface area contributed by atoms with Gasteiger partial charge in [-0.05, 0) is 47.6 Å². The van der Waals surface area contributed by atoms with Crippen LogP contribution in [0, 0.1) is 11.7 Å². The highest BCUT2D eigenvalue weighted by Gasteiger charge is 2.28. The SMILES string of the molecule is O=C(CN1Cc2ccccc2C1)N(Cc1ccc(F)cc1)CC1CC1. The predicted octanol–water partition coefficient (Wildman–Crippen LogP) is 3.58. The van der Waals surface area contributed by atoms with Crippen LogP contribution in [0.2, 0.25) is 0 Å². The predicted molar refractivity (Wildman–Crippen MR) is 95.1 cm³/mol. The molecule has 1 aliphatic heterocycles. The van der Waals surface area contributed by atoms with Crippen molar-refractivity contribution in [3.05, 3.63) is 71.0 Å². The van der Waals surface area contributed by atoms with Crippen molar-refractivity contribution in [2.75, 3.05) is 13.1 Å². The van der Waals surface area contributed by atoms with Crippen molar-refractivity contribution in [2.24, 2.45) is 5.92 Å². The molecule has 0 N–H and O–H groups in total. The number of carbonyl (C=O) groups is 1. The summed E-state index contributed by atoms with van der Waals surface area (Å²) in [5, 5.41) is 0. The van der Waals surface area contributed by atoms with E-state index in [4.69, 9.17) is 0 Å². The Balaban J connectivity index is 1.40. The van der Waals surface area contributed by atoms with Gasteiger partial charge in [0.25, 0.3) is 0 Å². The highest BCUT2D eigenvalue weighted by molar-refractivity contribution is 5.78. The Hall–Kier alpha value is -2.20. The van der Waals surface area contributed by atoms with E-state index in [0.29, 0.717) is 19.0 Å². The monoisotopic (exact) mass is 338 g/mol. The Morgan fingerprint density at radius 1 is 1.04 bits per heavy atom. The standard InChI is InChI=1S/C21H23FN2O/c22-20-9-7-17(8-10-20)12-24(11-16-5-6-16)21(25)15-23-13-18-3-1-2-4-19(18)14-23/h1-4,7-10,16H,5-6,11-15H2. The minimum absolute atomic E-state index is 0.170. The summed E-state index contributed by atoms with van der Waals surface area (Å²) in [6, 6.07) is 14.9. The number of halogens is 1. The van der Waals surface area contributed by atoms with Gasteiger partial charge < -0.3 is 4.90 Å². The van der Waals surface area contributed by atoms with Gasteiger partial charge in [-0.2, -0.15) is 0 Å². The smallest absolute Gasteiger partial charge is 0.237 e. The molecule has 25 heavy (non-hydrogen) atoms. The van der Waals surface area contributed by atoms with Gasteiger partial charge in [0.1, 0.15) is 5.82 Å². The lowest BCUT2D eigenvalue weighted by molar-refractivity contribution is -0.133. The Bertz CT molecular complexity index is 730. The molecule has 1 heterocycles. The largest absolute Gasteiger partial charge is 0.337 e. The van der Waals surface area contributed by atoms with Crippen LogP contribution in [0.25, 0.3) is 0 Å². The van der Waals surface area contributed by atoms with Crippen molar-refractivity contribution >= 4 is 5.91 Å². The van der Waals surface area contributed by atoms with Gasteiger partial charge in [-0.25, -0.2) is 4.39 Å². The van der Waals surface area contributed by atoms with Crippen molar-refractivity contribution in [1.82, 2.24) is 9.80 Å². The van der Waals surface area contributed by atoms with E-state index in [1.165, 1.54) is 36.1 Å². The number of amides is 1. The van der Waals surface area contributed by atoms with E-state index in [1.807, 2.05) is 4.90 Å². The summed E-state index contributed by atoms with van der Waals surface area (Å²) < 4.78 is 13.1. The van der Waals surface area contributed by atoms with Gasteiger partial charge in [-0.1, -0.05) is 36.4 Å². The fourth-order valence-corrected chi connectivity index (χ4v) is 3.48. The fraction of sp³-hybridized carbons (Fsp3) is 0.381. The van der Waals surface area contributed by atoms with Crippen LogP contribution in [0.3, 0.4) is 0 Å². The second-order valence-corrected chi connectivity index (χ2v) is 7.26. The molecule has 0 bridgehead atoms. The normalized spacial score (nSPS) is 16.7. The van der Waals surface area contributed by atoms with Gasteiger partial charge in [-0.3, -0.25) is 9.69 Å². The maximum absolute atomic E-state index is 13.1. The van der Waals surface area contributed by atoms with E-state index < -0.39 is 0 Å². The Kier molecular flexibility index (Phi) is 4.53. The molecule has 2 aromatic rings. The van der Waals surface area contributed by atoms with Gasteiger partial charge >= 0.3 is 0 Å². The number of rotatable bonds is 6. The second kappa shape index (κ2) is 6.96. The molecule has 4 rings (SSSR count). The van der Waals surface area contributed by atoms with Crippen molar-refractivity contribution < 1.29 is 9.18 Å². The summed E-state index contributed by atoms with van der Waals surface area (Å²) in [5.41, 5.74) is 3.63. The molecular weight excluding hydrogens is 315 g/mol. The summed E-state index contributed by atoms with van der Waals surface area (Å²) in [6.07, 6.45) is 2.42. The molecule has 0 unspecified atom stereocenters. The summed E-state index contributed by atoms with van der Waals surface area (Å²) in [5.74, 6) is 0.572.